The average Bonchev–Trinajstić information content (AvgIpc) is 3.19. The van der Waals surface area contributed by atoms with Crippen LogP contribution in [0.4, 0.5) is 0 Å². The van der Waals surface area contributed by atoms with Crippen LogP contribution in [0.25, 0.3) is 0 Å². The zero-order valence-electron chi connectivity index (χ0n) is 30.8. The molecule has 6 rings (SSSR count). The highest BCUT2D eigenvalue weighted by atomic mass is 16.7. The lowest BCUT2D eigenvalue weighted by Gasteiger charge is -2.46. The summed E-state index contributed by atoms with van der Waals surface area (Å²) < 4.78 is 41.1. The van der Waals surface area contributed by atoms with E-state index in [4.69, 9.17) is 28.4 Å². The molecule has 0 aromatic heterocycles. The van der Waals surface area contributed by atoms with Gasteiger partial charge in [-0.1, -0.05) is 179 Å². The second kappa shape index (κ2) is 22.0. The summed E-state index contributed by atoms with van der Waals surface area (Å²) in [6, 6.07) is 41.2. The van der Waals surface area contributed by atoms with Gasteiger partial charge in [0.15, 0.2) is 6.29 Å². The van der Waals surface area contributed by atoms with Crippen molar-refractivity contribution in [3.05, 3.63) is 144 Å². The Kier molecular flexibility index (Phi) is 16.2. The fraction of sp³-hybridized carbons (Fsp3) is 0.478. The van der Waals surface area contributed by atoms with Gasteiger partial charge in [0.25, 0.3) is 0 Å². The van der Waals surface area contributed by atoms with E-state index in [1.807, 2.05) is 72.8 Å². The predicted octanol–water partition coefficient (Wildman–Crippen LogP) is 10.4. The molecule has 1 heterocycles. The molecule has 0 unspecified atom stereocenters. The van der Waals surface area contributed by atoms with Crippen molar-refractivity contribution in [3.8, 4) is 0 Å². The van der Waals surface area contributed by atoms with Gasteiger partial charge in [-0.3, -0.25) is 0 Å². The molecule has 0 spiro atoms. The van der Waals surface area contributed by atoms with Gasteiger partial charge in [0.1, 0.15) is 24.4 Å². The Bertz CT molecular complexity index is 1470. The molecule has 5 atom stereocenters. The lowest BCUT2D eigenvalue weighted by molar-refractivity contribution is -0.337. The summed E-state index contributed by atoms with van der Waals surface area (Å²) in [5.41, 5.74) is 4.37. The van der Waals surface area contributed by atoms with Crippen LogP contribution in [0.1, 0.15) is 92.9 Å². The fourth-order valence-corrected chi connectivity index (χ4v) is 7.31. The van der Waals surface area contributed by atoms with E-state index in [2.05, 4.69) is 48.5 Å². The highest BCUT2D eigenvalue weighted by Crippen LogP contribution is 2.33. The first kappa shape index (κ1) is 38.4. The molecule has 4 aromatic carbocycles. The summed E-state index contributed by atoms with van der Waals surface area (Å²) in [4.78, 5) is 0. The molecular weight excluding hydrogens is 649 g/mol. The van der Waals surface area contributed by atoms with Gasteiger partial charge in [0.2, 0.25) is 0 Å². The van der Waals surface area contributed by atoms with Crippen molar-refractivity contribution in [3.63, 3.8) is 0 Å². The van der Waals surface area contributed by atoms with Crippen molar-refractivity contribution < 1.29 is 28.4 Å². The second-order valence-corrected chi connectivity index (χ2v) is 14.3. The Hall–Kier alpha value is -3.36. The van der Waals surface area contributed by atoms with Gasteiger partial charge in [0.05, 0.1) is 39.1 Å². The minimum atomic E-state index is -0.649. The summed E-state index contributed by atoms with van der Waals surface area (Å²) in [7, 11) is 0. The quantitative estimate of drug-likeness (QED) is 0.123. The predicted molar refractivity (Wildman–Crippen MR) is 205 cm³/mol. The lowest BCUT2D eigenvalue weighted by atomic mass is 9.96. The Morgan fingerprint density at radius 3 is 1.27 bits per heavy atom. The molecule has 1 aliphatic heterocycles. The highest BCUT2D eigenvalue weighted by Gasteiger charge is 2.49. The number of hydrogen-bond donors (Lipinski definition) is 0. The van der Waals surface area contributed by atoms with E-state index >= 15 is 0 Å². The minimum Gasteiger partial charge on any atom is -0.374 e. The zero-order chi connectivity index (χ0) is 35.5. The minimum absolute atomic E-state index is 0.0784. The molecule has 0 radical (unpaired) electrons. The van der Waals surface area contributed by atoms with Crippen LogP contribution in [0.5, 0.6) is 0 Å². The van der Waals surface area contributed by atoms with E-state index in [-0.39, 0.29) is 6.10 Å². The molecule has 0 bridgehead atoms. The Labute approximate surface area is 311 Å². The average molecular weight is 707 g/mol. The summed E-state index contributed by atoms with van der Waals surface area (Å²) in [5, 5.41) is 0. The van der Waals surface area contributed by atoms with Crippen molar-refractivity contribution in [2.45, 2.75) is 134 Å². The van der Waals surface area contributed by atoms with Crippen LogP contribution in [0.15, 0.2) is 121 Å². The Balaban J connectivity index is 1.29. The first-order chi connectivity index (χ1) is 25.8. The van der Waals surface area contributed by atoms with Crippen molar-refractivity contribution in [2.24, 2.45) is 0 Å². The third-order valence-electron chi connectivity index (χ3n) is 10.2. The van der Waals surface area contributed by atoms with Crippen LogP contribution < -0.4 is 0 Å². The van der Waals surface area contributed by atoms with Crippen molar-refractivity contribution in [2.75, 3.05) is 6.61 Å². The van der Waals surface area contributed by atoms with Crippen molar-refractivity contribution in [1.82, 2.24) is 0 Å². The molecule has 0 N–H and O–H groups in total. The largest absolute Gasteiger partial charge is 0.374 e. The van der Waals surface area contributed by atoms with E-state index in [0.29, 0.717) is 33.0 Å². The fourth-order valence-electron chi connectivity index (χ4n) is 7.31. The van der Waals surface area contributed by atoms with E-state index < -0.39 is 30.7 Å². The van der Waals surface area contributed by atoms with E-state index in [1.54, 1.807) is 0 Å². The van der Waals surface area contributed by atoms with Gasteiger partial charge >= 0.3 is 0 Å². The summed E-state index contributed by atoms with van der Waals surface area (Å²) in [6.07, 6.45) is 11.0. The first-order valence-corrected chi connectivity index (χ1v) is 19.7. The molecule has 0 amide bonds. The monoisotopic (exact) mass is 706 g/mol. The van der Waals surface area contributed by atoms with E-state index in [9.17, 15) is 0 Å². The number of rotatable bonds is 15. The maximum atomic E-state index is 7.09. The zero-order valence-corrected chi connectivity index (χ0v) is 30.8. The van der Waals surface area contributed by atoms with Crippen LogP contribution in [0, 0.1) is 0 Å². The maximum Gasteiger partial charge on any atom is 0.187 e. The highest BCUT2D eigenvalue weighted by molar-refractivity contribution is 5.16. The topological polar surface area (TPSA) is 55.4 Å². The molecule has 2 fully saturated rings. The molecular formula is C46H58O6. The molecule has 6 nitrogen and oxygen atoms in total. The smallest absolute Gasteiger partial charge is 0.187 e. The van der Waals surface area contributed by atoms with Crippen LogP contribution in [0.2, 0.25) is 0 Å². The molecule has 1 saturated carbocycles. The molecule has 2 aliphatic rings. The summed E-state index contributed by atoms with van der Waals surface area (Å²) in [5.74, 6) is 0. The third-order valence-corrected chi connectivity index (χ3v) is 10.2. The van der Waals surface area contributed by atoms with Crippen LogP contribution in [-0.4, -0.2) is 43.4 Å². The maximum absolute atomic E-state index is 7.09. The van der Waals surface area contributed by atoms with Gasteiger partial charge < -0.3 is 28.4 Å². The van der Waals surface area contributed by atoms with Crippen LogP contribution in [-0.2, 0) is 54.8 Å². The van der Waals surface area contributed by atoms with Gasteiger partial charge in [-0.05, 0) is 35.1 Å². The summed E-state index contributed by atoms with van der Waals surface area (Å²) >= 11 is 0. The lowest BCUT2D eigenvalue weighted by Crippen LogP contribution is -2.62. The number of hydrogen-bond acceptors (Lipinski definition) is 6. The molecule has 52 heavy (non-hydrogen) atoms. The van der Waals surface area contributed by atoms with Crippen LogP contribution in [0.3, 0.4) is 0 Å². The third kappa shape index (κ3) is 12.6. The van der Waals surface area contributed by atoms with Crippen molar-refractivity contribution >= 4 is 0 Å². The molecule has 4 aromatic rings. The normalized spacial score (nSPS) is 23.7. The molecule has 1 aliphatic carbocycles. The Morgan fingerprint density at radius 2 is 0.808 bits per heavy atom. The summed E-state index contributed by atoms with van der Waals surface area (Å²) in [6.45, 7) is 2.04. The SMILES string of the molecule is c1ccc(COC[C@H]2O[C@H](OC3CCCCCCCCCCC3)[C@H](OCc3ccccc3)[C@@H](OCc3ccccc3)[C@@H]2OCc2ccccc2)cc1. The number of benzene rings is 4. The first-order valence-electron chi connectivity index (χ1n) is 19.7. The van der Waals surface area contributed by atoms with Gasteiger partial charge in [-0.25, -0.2) is 0 Å². The molecule has 1 saturated heterocycles. The van der Waals surface area contributed by atoms with E-state index in [0.717, 1.165) is 47.9 Å². The van der Waals surface area contributed by atoms with Gasteiger partial charge in [-0.2, -0.15) is 0 Å². The number of ether oxygens (including phenoxy) is 6. The van der Waals surface area contributed by atoms with E-state index in [1.165, 1.54) is 44.9 Å². The van der Waals surface area contributed by atoms with Gasteiger partial charge in [-0.15, -0.1) is 0 Å². The Morgan fingerprint density at radius 1 is 0.423 bits per heavy atom. The molecule has 278 valence electrons. The molecule has 6 heteroatoms. The van der Waals surface area contributed by atoms with Crippen molar-refractivity contribution in [1.29, 1.82) is 0 Å². The van der Waals surface area contributed by atoms with Crippen LogP contribution >= 0.6 is 0 Å². The second-order valence-electron chi connectivity index (χ2n) is 14.3. The standard InChI is InChI=1S/C46H58O6/c1-2-4-6-20-30-41(31-21-7-5-3-1)51-46-45(50-35-40-28-18-11-19-29-40)44(49-34-39-26-16-10-17-27-39)43(48-33-38-24-14-9-15-25-38)42(52-46)36-47-32-37-22-12-8-13-23-37/h8-19,22-29,41-46H,1-7,20-21,30-36H2/t42-,43-,44+,45-,46+/m1/s1. The van der Waals surface area contributed by atoms with Gasteiger partial charge in [0, 0.05) is 0 Å².